The fourth-order valence-corrected chi connectivity index (χ4v) is 4.07. The zero-order chi connectivity index (χ0) is 15.6. The summed E-state index contributed by atoms with van der Waals surface area (Å²) in [5, 5.41) is 10.1. The van der Waals surface area contributed by atoms with Crippen molar-refractivity contribution < 1.29 is 9.84 Å². The number of aliphatic hydroxyl groups excluding tert-OH is 1. The lowest BCUT2D eigenvalue weighted by Crippen LogP contribution is -2.32. The van der Waals surface area contributed by atoms with Crippen molar-refractivity contribution in [2.75, 3.05) is 18.0 Å². The van der Waals surface area contributed by atoms with Crippen LogP contribution in [-0.2, 0) is 12.8 Å². The molecule has 0 aromatic carbocycles. The zero-order valence-electron chi connectivity index (χ0n) is 13.8. The maximum atomic E-state index is 10.1. The van der Waals surface area contributed by atoms with E-state index in [-0.39, 0.29) is 12.2 Å². The van der Waals surface area contributed by atoms with E-state index in [0.29, 0.717) is 0 Å². The second-order valence-electron chi connectivity index (χ2n) is 7.16. The van der Waals surface area contributed by atoms with E-state index in [9.17, 15) is 5.11 Å². The molecule has 0 radical (unpaired) electrons. The number of hydrogen-bond acceptors (Lipinski definition) is 5. The van der Waals surface area contributed by atoms with E-state index in [1.807, 2.05) is 0 Å². The van der Waals surface area contributed by atoms with Crippen molar-refractivity contribution in [1.82, 2.24) is 9.97 Å². The lowest BCUT2D eigenvalue weighted by molar-refractivity contribution is 0.0565. The largest absolute Gasteiger partial charge is 0.471 e. The Labute approximate surface area is 138 Å². The first kappa shape index (κ1) is 15.2. The molecule has 1 saturated heterocycles. The van der Waals surface area contributed by atoms with Gasteiger partial charge in [-0.1, -0.05) is 0 Å². The normalized spacial score (nSPS) is 27.8. The van der Waals surface area contributed by atoms with Crippen LogP contribution in [0.3, 0.4) is 0 Å². The Morgan fingerprint density at radius 1 is 0.913 bits per heavy atom. The van der Waals surface area contributed by atoms with E-state index in [4.69, 9.17) is 14.7 Å². The second kappa shape index (κ2) is 6.63. The molecule has 0 unspecified atom stereocenters. The second-order valence-corrected chi connectivity index (χ2v) is 7.16. The van der Waals surface area contributed by atoms with Gasteiger partial charge in [-0.05, 0) is 64.2 Å². The summed E-state index contributed by atoms with van der Waals surface area (Å²) in [7, 11) is 0. The van der Waals surface area contributed by atoms with Crippen molar-refractivity contribution in [2.24, 2.45) is 0 Å². The number of nitrogens with zero attached hydrogens (tertiary/aromatic N) is 3. The maximum Gasteiger partial charge on any atom is 0.228 e. The average Bonchev–Trinajstić information content (AvgIpc) is 3.00. The summed E-state index contributed by atoms with van der Waals surface area (Å²) < 4.78 is 6.19. The summed E-state index contributed by atoms with van der Waals surface area (Å²) >= 11 is 0. The van der Waals surface area contributed by atoms with Crippen molar-refractivity contribution in [3.8, 4) is 5.88 Å². The molecule has 126 valence electrons. The fraction of sp³-hybridized carbons (Fsp3) is 0.778. The van der Waals surface area contributed by atoms with Crippen molar-refractivity contribution in [1.29, 1.82) is 0 Å². The number of fused-ring (bicyclic) bond motifs is 1. The van der Waals surface area contributed by atoms with Crippen LogP contribution in [-0.4, -0.2) is 40.4 Å². The topological polar surface area (TPSA) is 58.5 Å². The van der Waals surface area contributed by atoms with Gasteiger partial charge in [0.1, 0.15) is 6.10 Å². The minimum Gasteiger partial charge on any atom is -0.471 e. The minimum atomic E-state index is -0.345. The molecule has 0 spiro atoms. The maximum absolute atomic E-state index is 10.1. The molecule has 2 fully saturated rings. The summed E-state index contributed by atoms with van der Waals surface area (Å²) in [4.78, 5) is 12.0. The van der Waals surface area contributed by atoms with Gasteiger partial charge in [-0.3, -0.25) is 0 Å². The van der Waals surface area contributed by atoms with Crippen LogP contribution in [0, 0.1) is 0 Å². The van der Waals surface area contributed by atoms with Gasteiger partial charge >= 0.3 is 0 Å². The Bertz CT molecular complexity index is 557. The van der Waals surface area contributed by atoms with Crippen molar-refractivity contribution >= 4 is 5.95 Å². The Hall–Kier alpha value is -1.36. The lowest BCUT2D eigenvalue weighted by Gasteiger charge is -2.29. The quantitative estimate of drug-likeness (QED) is 0.929. The number of aryl methyl sites for hydroxylation is 1. The summed E-state index contributed by atoms with van der Waals surface area (Å²) in [6, 6.07) is 0. The van der Waals surface area contributed by atoms with Crippen LogP contribution >= 0.6 is 0 Å². The van der Waals surface area contributed by atoms with Crippen LogP contribution in [0.5, 0.6) is 5.88 Å². The van der Waals surface area contributed by atoms with E-state index >= 15 is 0 Å². The predicted molar refractivity (Wildman–Crippen MR) is 89.0 cm³/mol. The summed E-state index contributed by atoms with van der Waals surface area (Å²) in [5.41, 5.74) is 2.37. The van der Waals surface area contributed by atoms with Crippen LogP contribution < -0.4 is 9.64 Å². The monoisotopic (exact) mass is 317 g/mol. The molecule has 1 aromatic heterocycles. The molecule has 23 heavy (non-hydrogen) atoms. The van der Waals surface area contributed by atoms with Crippen molar-refractivity contribution in [2.45, 2.75) is 76.4 Å². The molecule has 1 aliphatic heterocycles. The Morgan fingerprint density at radius 3 is 2.52 bits per heavy atom. The first-order chi connectivity index (χ1) is 11.3. The minimum absolute atomic E-state index is 0.0925. The molecule has 0 bridgehead atoms. The van der Waals surface area contributed by atoms with Gasteiger partial charge in [0.25, 0.3) is 0 Å². The lowest BCUT2D eigenvalue weighted by atomic mass is 9.97. The molecule has 3 aliphatic rings. The highest BCUT2D eigenvalue weighted by molar-refractivity contribution is 5.42. The molecule has 4 rings (SSSR count). The SMILES string of the molecule is O[C@H]1CCC[C@@H]1Oc1nc(N2CCCCC2)nc2c1CCCC2. The molecule has 2 atom stereocenters. The van der Waals surface area contributed by atoms with Crippen LogP contribution in [0.25, 0.3) is 0 Å². The molecule has 5 heteroatoms. The van der Waals surface area contributed by atoms with Crippen LogP contribution in [0.4, 0.5) is 5.95 Å². The summed E-state index contributed by atoms with van der Waals surface area (Å²) in [5.74, 6) is 1.59. The first-order valence-electron chi connectivity index (χ1n) is 9.31. The summed E-state index contributed by atoms with van der Waals surface area (Å²) in [6.45, 7) is 2.09. The van der Waals surface area contributed by atoms with Crippen molar-refractivity contribution in [3.05, 3.63) is 11.3 Å². The number of piperidine rings is 1. The van der Waals surface area contributed by atoms with Crippen molar-refractivity contribution in [3.63, 3.8) is 0 Å². The van der Waals surface area contributed by atoms with Gasteiger partial charge in [0.15, 0.2) is 0 Å². The van der Waals surface area contributed by atoms with Crippen LogP contribution in [0.15, 0.2) is 0 Å². The van der Waals surface area contributed by atoms with Gasteiger partial charge < -0.3 is 14.7 Å². The molecule has 5 nitrogen and oxygen atoms in total. The van der Waals surface area contributed by atoms with E-state index in [1.54, 1.807) is 0 Å². The Kier molecular flexibility index (Phi) is 4.38. The van der Waals surface area contributed by atoms with Gasteiger partial charge in [-0.2, -0.15) is 4.98 Å². The number of ether oxygens (including phenoxy) is 1. The van der Waals surface area contributed by atoms with Crippen LogP contribution in [0.2, 0.25) is 0 Å². The van der Waals surface area contributed by atoms with E-state index < -0.39 is 0 Å². The van der Waals surface area contributed by atoms with Gasteiger partial charge in [0.2, 0.25) is 11.8 Å². The van der Waals surface area contributed by atoms with Gasteiger partial charge in [0, 0.05) is 18.7 Å². The third-order valence-corrected chi connectivity index (χ3v) is 5.45. The Balaban J connectivity index is 1.64. The highest BCUT2D eigenvalue weighted by atomic mass is 16.5. The molecular weight excluding hydrogens is 290 g/mol. The smallest absolute Gasteiger partial charge is 0.228 e. The number of aromatic nitrogens is 2. The highest BCUT2D eigenvalue weighted by Gasteiger charge is 2.30. The average molecular weight is 317 g/mol. The van der Waals surface area contributed by atoms with Crippen LogP contribution in [0.1, 0.15) is 62.6 Å². The molecule has 1 saturated carbocycles. The Morgan fingerprint density at radius 2 is 1.74 bits per heavy atom. The van der Waals surface area contributed by atoms with E-state index in [2.05, 4.69) is 4.90 Å². The van der Waals surface area contributed by atoms with E-state index in [0.717, 1.165) is 57.0 Å². The standard InChI is InChI=1S/C18H27N3O2/c22-15-9-6-10-16(15)23-17-13-7-2-3-8-14(13)19-18(20-17)21-11-4-1-5-12-21/h15-16,22H,1-12H2/t15-,16-/m0/s1. The number of aliphatic hydroxyl groups is 1. The molecule has 1 N–H and O–H groups in total. The first-order valence-corrected chi connectivity index (χ1v) is 9.31. The number of rotatable bonds is 3. The third kappa shape index (κ3) is 3.16. The number of anilines is 1. The number of hydrogen-bond donors (Lipinski definition) is 1. The van der Waals surface area contributed by atoms with Gasteiger partial charge in [-0.15, -0.1) is 0 Å². The molecular formula is C18H27N3O2. The van der Waals surface area contributed by atoms with Gasteiger partial charge in [0.05, 0.1) is 11.8 Å². The molecule has 2 heterocycles. The third-order valence-electron chi connectivity index (χ3n) is 5.45. The summed E-state index contributed by atoms with van der Waals surface area (Å²) in [6.07, 6.45) is 10.5. The zero-order valence-corrected chi connectivity index (χ0v) is 13.8. The van der Waals surface area contributed by atoms with E-state index in [1.165, 1.54) is 43.4 Å². The molecule has 2 aliphatic carbocycles. The predicted octanol–water partition coefficient (Wildman–Crippen LogP) is 2.64. The fourth-order valence-electron chi connectivity index (χ4n) is 4.07. The molecule has 1 aromatic rings. The molecule has 0 amide bonds. The van der Waals surface area contributed by atoms with Gasteiger partial charge in [-0.25, -0.2) is 4.98 Å². The highest BCUT2D eigenvalue weighted by Crippen LogP contribution is 2.33.